The second-order valence-electron chi connectivity index (χ2n) is 3.06. The molecular weight excluding hydrogens is 218 g/mol. The highest BCUT2D eigenvalue weighted by Gasteiger charge is 2.27. The van der Waals surface area contributed by atoms with Gasteiger partial charge < -0.3 is 25.0 Å². The minimum Gasteiger partial charge on any atom is -0.503 e. The summed E-state index contributed by atoms with van der Waals surface area (Å²) in [6, 6.07) is 0.954. The lowest BCUT2D eigenvalue weighted by atomic mass is 10.1. The van der Waals surface area contributed by atoms with Crippen molar-refractivity contribution in [2.24, 2.45) is 0 Å². The standard InChI is InChI=1S/C9H11NO6/c1-16-9(15)7(13)6(12)4-2-5(11)8(14)10-3-4/h2-3,6-7,11-13H,1H3,(H,10,14). The van der Waals surface area contributed by atoms with Crippen LogP contribution < -0.4 is 5.56 Å². The number of rotatable bonds is 3. The molecule has 2 atom stereocenters. The predicted octanol–water partition coefficient (Wildman–Crippen LogP) is -1.35. The molecule has 1 aromatic heterocycles. The van der Waals surface area contributed by atoms with Crippen LogP contribution in [0.15, 0.2) is 17.1 Å². The zero-order chi connectivity index (χ0) is 12.3. The molecule has 0 aliphatic rings. The Kier molecular flexibility index (Phi) is 3.64. The fourth-order valence-corrected chi connectivity index (χ4v) is 1.09. The molecule has 0 aliphatic heterocycles. The Bertz CT molecular complexity index is 440. The highest BCUT2D eigenvalue weighted by molar-refractivity contribution is 5.75. The van der Waals surface area contributed by atoms with Crippen molar-refractivity contribution in [3.63, 3.8) is 0 Å². The summed E-state index contributed by atoms with van der Waals surface area (Å²) >= 11 is 0. The van der Waals surface area contributed by atoms with E-state index >= 15 is 0 Å². The first-order valence-corrected chi connectivity index (χ1v) is 4.33. The topological polar surface area (TPSA) is 120 Å². The molecule has 0 radical (unpaired) electrons. The molecule has 4 N–H and O–H groups in total. The molecule has 0 aromatic carbocycles. The van der Waals surface area contributed by atoms with E-state index in [0.29, 0.717) is 0 Å². The average molecular weight is 229 g/mol. The second-order valence-corrected chi connectivity index (χ2v) is 3.06. The van der Waals surface area contributed by atoms with Gasteiger partial charge in [-0.2, -0.15) is 0 Å². The number of aromatic amines is 1. The van der Waals surface area contributed by atoms with Crippen LogP contribution in [-0.4, -0.2) is 39.5 Å². The van der Waals surface area contributed by atoms with Gasteiger partial charge in [-0.05, 0) is 6.07 Å². The van der Waals surface area contributed by atoms with E-state index in [9.17, 15) is 19.8 Å². The largest absolute Gasteiger partial charge is 0.503 e. The van der Waals surface area contributed by atoms with Crippen LogP contribution in [0.3, 0.4) is 0 Å². The number of aliphatic hydroxyl groups is 2. The molecule has 0 saturated carbocycles. The molecule has 0 fully saturated rings. The molecule has 0 spiro atoms. The Labute approximate surface area is 89.9 Å². The lowest BCUT2D eigenvalue weighted by molar-refractivity contribution is -0.156. The zero-order valence-electron chi connectivity index (χ0n) is 8.38. The van der Waals surface area contributed by atoms with E-state index in [1.54, 1.807) is 0 Å². The minimum absolute atomic E-state index is 0.00463. The first kappa shape index (κ1) is 12.2. The summed E-state index contributed by atoms with van der Waals surface area (Å²) in [7, 11) is 1.06. The molecule has 1 rings (SSSR count). The van der Waals surface area contributed by atoms with Gasteiger partial charge in [-0.25, -0.2) is 4.79 Å². The summed E-state index contributed by atoms with van der Waals surface area (Å²) < 4.78 is 4.23. The van der Waals surface area contributed by atoms with Crippen LogP contribution in [0.5, 0.6) is 5.75 Å². The number of hydrogen-bond donors (Lipinski definition) is 4. The van der Waals surface area contributed by atoms with Crippen LogP contribution in [0.25, 0.3) is 0 Å². The molecule has 7 heteroatoms. The first-order chi connectivity index (χ1) is 7.47. The maximum atomic E-state index is 10.9. The Hall–Kier alpha value is -1.86. The Morgan fingerprint density at radius 3 is 2.62 bits per heavy atom. The molecule has 7 nitrogen and oxygen atoms in total. The summed E-state index contributed by atoms with van der Waals surface area (Å²) in [5, 5.41) is 27.9. The molecule has 0 amide bonds. The molecular formula is C9H11NO6. The third-order valence-electron chi connectivity index (χ3n) is 1.99. The molecule has 0 saturated heterocycles. The maximum absolute atomic E-state index is 10.9. The van der Waals surface area contributed by atoms with Gasteiger partial charge in [0, 0.05) is 11.8 Å². The number of nitrogens with one attached hydrogen (secondary N) is 1. The molecule has 1 aromatic rings. The number of carbonyl (C=O) groups excluding carboxylic acids is 1. The summed E-state index contributed by atoms with van der Waals surface area (Å²) in [5.41, 5.74) is -0.737. The van der Waals surface area contributed by atoms with E-state index < -0.39 is 29.5 Å². The summed E-state index contributed by atoms with van der Waals surface area (Å²) in [6.07, 6.45) is -2.29. The predicted molar refractivity (Wildman–Crippen MR) is 51.7 cm³/mol. The number of aromatic nitrogens is 1. The number of pyridine rings is 1. The number of esters is 1. The van der Waals surface area contributed by atoms with Crippen molar-refractivity contribution in [1.82, 2.24) is 4.98 Å². The van der Waals surface area contributed by atoms with Gasteiger partial charge in [0.2, 0.25) is 0 Å². The van der Waals surface area contributed by atoms with Crippen LogP contribution in [0, 0.1) is 0 Å². The van der Waals surface area contributed by atoms with E-state index in [1.807, 2.05) is 0 Å². The SMILES string of the molecule is COC(=O)C(O)C(O)c1c[nH]c(=O)c(O)c1. The minimum atomic E-state index is -1.78. The van der Waals surface area contributed by atoms with E-state index in [0.717, 1.165) is 19.4 Å². The summed E-state index contributed by atoms with van der Waals surface area (Å²) in [5.74, 6) is -1.63. The number of hydrogen-bond acceptors (Lipinski definition) is 6. The Morgan fingerprint density at radius 2 is 2.12 bits per heavy atom. The lowest BCUT2D eigenvalue weighted by Gasteiger charge is -2.15. The van der Waals surface area contributed by atoms with Gasteiger partial charge in [0.25, 0.3) is 5.56 Å². The quantitative estimate of drug-likeness (QED) is 0.475. The van der Waals surface area contributed by atoms with Crippen molar-refractivity contribution < 1.29 is 24.9 Å². The van der Waals surface area contributed by atoms with E-state index in [2.05, 4.69) is 9.72 Å². The van der Waals surface area contributed by atoms with Gasteiger partial charge in [0.05, 0.1) is 7.11 Å². The monoisotopic (exact) mass is 229 g/mol. The molecule has 0 bridgehead atoms. The molecule has 88 valence electrons. The van der Waals surface area contributed by atoms with Crippen LogP contribution in [-0.2, 0) is 9.53 Å². The number of aliphatic hydroxyl groups excluding tert-OH is 2. The average Bonchev–Trinajstić information content (AvgIpc) is 2.29. The summed E-state index contributed by atoms with van der Waals surface area (Å²) in [6.45, 7) is 0. The van der Waals surface area contributed by atoms with Crippen LogP contribution in [0.4, 0.5) is 0 Å². The molecule has 2 unspecified atom stereocenters. The van der Waals surface area contributed by atoms with Crippen molar-refractivity contribution in [2.45, 2.75) is 12.2 Å². The zero-order valence-corrected chi connectivity index (χ0v) is 8.38. The number of methoxy groups -OCH3 is 1. The number of aromatic hydroxyl groups is 1. The smallest absolute Gasteiger partial charge is 0.337 e. The van der Waals surface area contributed by atoms with E-state index in [-0.39, 0.29) is 5.56 Å². The maximum Gasteiger partial charge on any atom is 0.337 e. The molecule has 16 heavy (non-hydrogen) atoms. The first-order valence-electron chi connectivity index (χ1n) is 4.33. The Morgan fingerprint density at radius 1 is 1.50 bits per heavy atom. The van der Waals surface area contributed by atoms with Crippen molar-refractivity contribution in [3.8, 4) is 5.75 Å². The highest BCUT2D eigenvalue weighted by Crippen LogP contribution is 2.18. The van der Waals surface area contributed by atoms with E-state index in [4.69, 9.17) is 5.11 Å². The molecule has 0 aliphatic carbocycles. The van der Waals surface area contributed by atoms with Crippen molar-refractivity contribution >= 4 is 5.97 Å². The van der Waals surface area contributed by atoms with Crippen LogP contribution in [0.2, 0.25) is 0 Å². The van der Waals surface area contributed by atoms with Crippen molar-refractivity contribution in [2.75, 3.05) is 7.11 Å². The van der Waals surface area contributed by atoms with Gasteiger partial charge in [-0.3, -0.25) is 4.79 Å². The summed E-state index contributed by atoms with van der Waals surface area (Å²) in [4.78, 5) is 23.9. The fraction of sp³-hybridized carbons (Fsp3) is 0.333. The highest BCUT2D eigenvalue weighted by atomic mass is 16.5. The van der Waals surface area contributed by atoms with Gasteiger partial charge in [0.15, 0.2) is 11.9 Å². The van der Waals surface area contributed by atoms with Crippen molar-refractivity contribution in [1.29, 1.82) is 0 Å². The van der Waals surface area contributed by atoms with Gasteiger partial charge >= 0.3 is 5.97 Å². The normalized spacial score (nSPS) is 14.2. The van der Waals surface area contributed by atoms with Gasteiger partial charge in [0.1, 0.15) is 6.10 Å². The fourth-order valence-electron chi connectivity index (χ4n) is 1.09. The molecule has 1 heterocycles. The second kappa shape index (κ2) is 4.77. The van der Waals surface area contributed by atoms with Crippen LogP contribution >= 0.6 is 0 Å². The third kappa shape index (κ3) is 2.38. The number of carbonyl (C=O) groups is 1. The van der Waals surface area contributed by atoms with Crippen molar-refractivity contribution in [3.05, 3.63) is 28.2 Å². The Balaban J connectivity index is 2.96. The van der Waals surface area contributed by atoms with Crippen LogP contribution in [0.1, 0.15) is 11.7 Å². The number of H-pyrrole nitrogens is 1. The lowest BCUT2D eigenvalue weighted by Crippen LogP contribution is -2.29. The third-order valence-corrected chi connectivity index (χ3v) is 1.99. The van der Waals surface area contributed by atoms with E-state index in [1.165, 1.54) is 0 Å². The van der Waals surface area contributed by atoms with Gasteiger partial charge in [-0.15, -0.1) is 0 Å². The number of ether oxygens (including phenoxy) is 1. The van der Waals surface area contributed by atoms with Gasteiger partial charge in [-0.1, -0.05) is 0 Å².